The van der Waals surface area contributed by atoms with Crippen molar-refractivity contribution in [2.45, 2.75) is 31.5 Å². The first-order valence-corrected chi connectivity index (χ1v) is 10.8. The van der Waals surface area contributed by atoms with Crippen molar-refractivity contribution in [3.8, 4) is 5.75 Å². The molecular formula is C24H33N2O3+. The van der Waals surface area contributed by atoms with Gasteiger partial charge in [0.1, 0.15) is 18.4 Å². The molecule has 1 fully saturated rings. The van der Waals surface area contributed by atoms with Crippen LogP contribution in [0.2, 0.25) is 0 Å². The average Bonchev–Trinajstić information content (AvgIpc) is 2.78. The number of nitrogens with zero attached hydrogens (tertiary/aromatic N) is 1. The molecule has 5 nitrogen and oxygen atoms in total. The number of para-hydroxylation sites is 2. The molecule has 0 spiro atoms. The number of aliphatic hydroxyl groups excluding tert-OH is 1. The van der Waals surface area contributed by atoms with Gasteiger partial charge in [0.2, 0.25) is 0 Å². The normalized spacial score (nSPS) is 20.9. The van der Waals surface area contributed by atoms with E-state index in [0.717, 1.165) is 63.4 Å². The van der Waals surface area contributed by atoms with Crippen LogP contribution >= 0.6 is 0 Å². The lowest BCUT2D eigenvalue weighted by atomic mass is 9.89. The molecule has 2 aliphatic rings. The fourth-order valence-corrected chi connectivity index (χ4v) is 4.66. The lowest BCUT2D eigenvalue weighted by Crippen LogP contribution is -3.16. The molecule has 2 atom stereocenters. The van der Waals surface area contributed by atoms with E-state index < -0.39 is 6.10 Å². The van der Waals surface area contributed by atoms with Crippen molar-refractivity contribution in [3.63, 3.8) is 0 Å². The Kier molecular flexibility index (Phi) is 6.70. The summed E-state index contributed by atoms with van der Waals surface area (Å²) in [5, 5.41) is 10.6. The summed E-state index contributed by atoms with van der Waals surface area (Å²) in [4.78, 5) is 3.82. The number of hydrogen-bond acceptors (Lipinski definition) is 4. The second-order valence-corrected chi connectivity index (χ2v) is 8.18. The molecule has 156 valence electrons. The van der Waals surface area contributed by atoms with Crippen molar-refractivity contribution in [2.24, 2.45) is 0 Å². The lowest BCUT2D eigenvalue weighted by Gasteiger charge is -2.35. The Labute approximate surface area is 173 Å². The minimum absolute atomic E-state index is 0.131. The summed E-state index contributed by atoms with van der Waals surface area (Å²) < 4.78 is 11.6. The minimum atomic E-state index is -0.420. The van der Waals surface area contributed by atoms with Gasteiger partial charge in [0, 0.05) is 0 Å². The van der Waals surface area contributed by atoms with Gasteiger partial charge in [-0.1, -0.05) is 36.4 Å². The van der Waals surface area contributed by atoms with Gasteiger partial charge in [-0.3, -0.25) is 0 Å². The van der Waals surface area contributed by atoms with Crippen LogP contribution in [0.15, 0.2) is 48.5 Å². The van der Waals surface area contributed by atoms with Crippen molar-refractivity contribution in [3.05, 3.63) is 59.7 Å². The van der Waals surface area contributed by atoms with Crippen LogP contribution in [0.3, 0.4) is 0 Å². The number of rotatable bonds is 7. The third-order valence-corrected chi connectivity index (χ3v) is 6.22. The summed E-state index contributed by atoms with van der Waals surface area (Å²) in [6.07, 6.45) is 3.06. The summed E-state index contributed by atoms with van der Waals surface area (Å²) in [5.41, 5.74) is 3.87. The number of quaternary nitrogens is 1. The van der Waals surface area contributed by atoms with Gasteiger partial charge < -0.3 is 24.4 Å². The number of ether oxygens (including phenoxy) is 2. The molecule has 2 N–H and O–H groups in total. The molecule has 0 saturated carbocycles. The number of methoxy groups -OCH3 is 1. The number of nitrogens with one attached hydrogen (secondary N) is 1. The van der Waals surface area contributed by atoms with Gasteiger partial charge >= 0.3 is 0 Å². The maximum Gasteiger partial charge on any atom is 0.142 e. The van der Waals surface area contributed by atoms with E-state index in [-0.39, 0.29) is 6.10 Å². The molecule has 0 amide bonds. The second kappa shape index (κ2) is 9.61. The molecule has 1 saturated heterocycles. The SMILES string of the molecule is COc1ccccc1N1CC[NH+](C[C@@H](O)CO[C@@H]2CCCc3ccccc32)CC1. The zero-order valence-corrected chi connectivity index (χ0v) is 17.3. The largest absolute Gasteiger partial charge is 0.495 e. The molecule has 0 unspecified atom stereocenters. The Hall–Kier alpha value is -2.08. The number of benzene rings is 2. The Morgan fingerprint density at radius 3 is 2.69 bits per heavy atom. The summed E-state index contributed by atoms with van der Waals surface area (Å²) in [7, 11) is 1.72. The minimum Gasteiger partial charge on any atom is -0.495 e. The summed E-state index contributed by atoms with van der Waals surface area (Å²) >= 11 is 0. The van der Waals surface area contributed by atoms with Crippen LogP contribution < -0.4 is 14.5 Å². The van der Waals surface area contributed by atoms with Crippen LogP contribution in [0, 0.1) is 0 Å². The molecule has 0 bridgehead atoms. The van der Waals surface area contributed by atoms with Gasteiger partial charge in [0.05, 0.1) is 51.7 Å². The van der Waals surface area contributed by atoms with Crippen molar-refractivity contribution in [1.82, 2.24) is 0 Å². The van der Waals surface area contributed by atoms with Crippen molar-refractivity contribution < 1.29 is 19.5 Å². The number of fused-ring (bicyclic) bond motifs is 1. The highest BCUT2D eigenvalue weighted by Crippen LogP contribution is 2.32. The number of aliphatic hydroxyl groups is 1. The predicted molar refractivity (Wildman–Crippen MR) is 115 cm³/mol. The Morgan fingerprint density at radius 2 is 1.86 bits per heavy atom. The highest BCUT2D eigenvalue weighted by Gasteiger charge is 2.26. The van der Waals surface area contributed by atoms with Gasteiger partial charge in [-0.15, -0.1) is 0 Å². The summed E-state index contributed by atoms with van der Waals surface area (Å²) in [5.74, 6) is 0.928. The zero-order chi connectivity index (χ0) is 20.1. The van der Waals surface area contributed by atoms with Gasteiger partial charge in [0.15, 0.2) is 0 Å². The van der Waals surface area contributed by atoms with Crippen molar-refractivity contribution in [1.29, 1.82) is 0 Å². The molecule has 4 rings (SSSR count). The van der Waals surface area contributed by atoms with Crippen LogP contribution in [0.1, 0.15) is 30.1 Å². The third kappa shape index (κ3) is 4.92. The first-order chi connectivity index (χ1) is 14.2. The predicted octanol–water partition coefficient (Wildman–Crippen LogP) is 1.86. The van der Waals surface area contributed by atoms with E-state index >= 15 is 0 Å². The van der Waals surface area contributed by atoms with E-state index in [1.54, 1.807) is 7.11 Å². The number of piperazine rings is 1. The number of aryl methyl sites for hydroxylation is 1. The van der Waals surface area contributed by atoms with Crippen LogP contribution in [0.25, 0.3) is 0 Å². The Bertz CT molecular complexity index is 789. The quantitative estimate of drug-likeness (QED) is 0.749. The first kappa shape index (κ1) is 20.2. The van der Waals surface area contributed by atoms with Crippen molar-refractivity contribution >= 4 is 5.69 Å². The van der Waals surface area contributed by atoms with E-state index in [4.69, 9.17) is 9.47 Å². The maximum absolute atomic E-state index is 10.6. The van der Waals surface area contributed by atoms with Crippen LogP contribution in [-0.4, -0.2) is 57.7 Å². The molecule has 2 aromatic rings. The van der Waals surface area contributed by atoms with Crippen LogP contribution in [0.4, 0.5) is 5.69 Å². The fourth-order valence-electron chi connectivity index (χ4n) is 4.66. The van der Waals surface area contributed by atoms with Crippen LogP contribution in [-0.2, 0) is 11.2 Å². The first-order valence-electron chi connectivity index (χ1n) is 10.8. The van der Waals surface area contributed by atoms with Gasteiger partial charge in [-0.05, 0) is 42.5 Å². The molecule has 0 radical (unpaired) electrons. The Balaban J connectivity index is 1.24. The molecule has 1 aliphatic heterocycles. The molecular weight excluding hydrogens is 364 g/mol. The zero-order valence-electron chi connectivity index (χ0n) is 17.3. The highest BCUT2D eigenvalue weighted by molar-refractivity contribution is 5.58. The fraction of sp³-hybridized carbons (Fsp3) is 0.500. The van der Waals surface area contributed by atoms with Crippen LogP contribution in [0.5, 0.6) is 5.75 Å². The molecule has 2 aromatic carbocycles. The topological polar surface area (TPSA) is 46.4 Å². The lowest BCUT2D eigenvalue weighted by molar-refractivity contribution is -0.903. The molecule has 29 heavy (non-hydrogen) atoms. The molecule has 5 heteroatoms. The van der Waals surface area contributed by atoms with E-state index in [2.05, 4.69) is 41.3 Å². The Morgan fingerprint density at radius 1 is 1.10 bits per heavy atom. The molecule has 0 aromatic heterocycles. The smallest absolute Gasteiger partial charge is 0.142 e. The average molecular weight is 398 g/mol. The molecule has 1 heterocycles. The molecule has 1 aliphatic carbocycles. The highest BCUT2D eigenvalue weighted by atomic mass is 16.5. The second-order valence-electron chi connectivity index (χ2n) is 8.18. The number of anilines is 1. The van der Waals surface area contributed by atoms with E-state index in [1.807, 2.05) is 12.1 Å². The monoisotopic (exact) mass is 397 g/mol. The van der Waals surface area contributed by atoms with Crippen molar-refractivity contribution in [2.75, 3.05) is 51.3 Å². The van der Waals surface area contributed by atoms with Gasteiger partial charge in [-0.2, -0.15) is 0 Å². The van der Waals surface area contributed by atoms with Gasteiger partial charge in [0.25, 0.3) is 0 Å². The van der Waals surface area contributed by atoms with Gasteiger partial charge in [-0.25, -0.2) is 0 Å². The summed E-state index contributed by atoms with van der Waals surface area (Å²) in [6.45, 7) is 5.13. The standard InChI is InChI=1S/C24H32N2O3/c1-28-24-11-5-4-10-22(24)26-15-13-25(14-16-26)17-20(27)18-29-23-12-6-8-19-7-2-3-9-21(19)23/h2-5,7,9-11,20,23,27H,6,8,12-18H2,1H3/p+1/t20-,23-/m1/s1. The summed E-state index contributed by atoms with van der Waals surface area (Å²) in [6, 6.07) is 16.8. The maximum atomic E-state index is 10.6. The van der Waals surface area contributed by atoms with E-state index in [1.165, 1.54) is 16.0 Å². The van der Waals surface area contributed by atoms with E-state index in [0.29, 0.717) is 6.61 Å². The third-order valence-electron chi connectivity index (χ3n) is 6.22. The number of hydrogen-bond donors (Lipinski definition) is 2. The van der Waals surface area contributed by atoms with E-state index in [9.17, 15) is 5.11 Å².